The van der Waals surface area contributed by atoms with Crippen molar-refractivity contribution in [2.75, 3.05) is 39.3 Å². The minimum Gasteiger partial charge on any atom is -0.484 e. The lowest BCUT2D eigenvalue weighted by Gasteiger charge is -2.33. The summed E-state index contributed by atoms with van der Waals surface area (Å²) < 4.78 is 5.27. The van der Waals surface area contributed by atoms with Gasteiger partial charge in [0.15, 0.2) is 6.61 Å². The first kappa shape index (κ1) is 19.0. The zero-order valence-electron chi connectivity index (χ0n) is 14.0. The molecule has 9 heteroatoms. The third-order valence-corrected chi connectivity index (χ3v) is 3.96. The number of hydrazine groups is 1. The maximum absolute atomic E-state index is 11.8. The summed E-state index contributed by atoms with van der Waals surface area (Å²) in [5.74, 6) is -0.243. The predicted molar refractivity (Wildman–Crippen MR) is 91.9 cm³/mol. The number of nitrogens with zero attached hydrogens (tertiary/aromatic N) is 2. The van der Waals surface area contributed by atoms with Gasteiger partial charge in [-0.25, -0.2) is 0 Å². The number of rotatable bonds is 5. The molecule has 0 atom stereocenters. The minimum absolute atomic E-state index is 0.0389. The van der Waals surface area contributed by atoms with Gasteiger partial charge < -0.3 is 9.64 Å². The Morgan fingerprint density at radius 1 is 1.04 bits per heavy atom. The van der Waals surface area contributed by atoms with E-state index in [4.69, 9.17) is 16.3 Å². The van der Waals surface area contributed by atoms with Crippen LogP contribution in [0.4, 0.5) is 0 Å². The molecule has 1 aliphatic heterocycles. The van der Waals surface area contributed by atoms with E-state index >= 15 is 0 Å². The Morgan fingerprint density at radius 3 is 2.24 bits per heavy atom. The first-order valence-corrected chi connectivity index (χ1v) is 8.26. The van der Waals surface area contributed by atoms with Gasteiger partial charge in [-0.15, -0.1) is 0 Å². The number of nitrogens with one attached hydrogen (secondary N) is 2. The van der Waals surface area contributed by atoms with Gasteiger partial charge in [0.2, 0.25) is 5.91 Å². The fourth-order valence-electron chi connectivity index (χ4n) is 2.32. The standard InChI is InChI=1S/C16H21ClN4O4/c1-12(22)21-8-6-20(7-9-21)10-15(23)18-19-16(24)11-25-14-4-2-13(17)3-5-14/h2-5H,6-11H2,1H3,(H,18,23)(H,19,24). The van der Waals surface area contributed by atoms with Crippen LogP contribution in [0.1, 0.15) is 6.92 Å². The van der Waals surface area contributed by atoms with Crippen LogP contribution in [0.25, 0.3) is 0 Å². The van der Waals surface area contributed by atoms with Crippen molar-refractivity contribution in [1.29, 1.82) is 0 Å². The largest absolute Gasteiger partial charge is 0.484 e. The van der Waals surface area contributed by atoms with E-state index in [1.54, 1.807) is 29.2 Å². The van der Waals surface area contributed by atoms with E-state index in [-0.39, 0.29) is 25.0 Å². The summed E-state index contributed by atoms with van der Waals surface area (Å²) in [6.45, 7) is 3.92. The monoisotopic (exact) mass is 368 g/mol. The highest BCUT2D eigenvalue weighted by Gasteiger charge is 2.20. The molecule has 0 radical (unpaired) electrons. The van der Waals surface area contributed by atoms with Crippen molar-refractivity contribution < 1.29 is 19.1 Å². The molecule has 1 saturated heterocycles. The SMILES string of the molecule is CC(=O)N1CCN(CC(=O)NNC(=O)COc2ccc(Cl)cc2)CC1. The van der Waals surface area contributed by atoms with Crippen LogP contribution < -0.4 is 15.6 Å². The van der Waals surface area contributed by atoms with Crippen LogP contribution in [0.5, 0.6) is 5.75 Å². The normalized spacial score (nSPS) is 14.7. The highest BCUT2D eigenvalue weighted by Crippen LogP contribution is 2.15. The van der Waals surface area contributed by atoms with Crippen molar-refractivity contribution >= 4 is 29.3 Å². The van der Waals surface area contributed by atoms with Gasteiger partial charge in [0.1, 0.15) is 5.75 Å². The first-order chi connectivity index (χ1) is 11.9. The van der Waals surface area contributed by atoms with Crippen molar-refractivity contribution in [3.63, 3.8) is 0 Å². The van der Waals surface area contributed by atoms with E-state index < -0.39 is 5.91 Å². The second kappa shape index (κ2) is 9.24. The van der Waals surface area contributed by atoms with Gasteiger partial charge in [0.25, 0.3) is 11.8 Å². The Bertz CT molecular complexity index is 615. The van der Waals surface area contributed by atoms with Crippen LogP contribution in [0, 0.1) is 0 Å². The Hall–Kier alpha value is -2.32. The number of carbonyl (C=O) groups excluding carboxylic acids is 3. The second-order valence-corrected chi connectivity index (χ2v) is 6.06. The molecule has 1 aromatic carbocycles. The number of carbonyl (C=O) groups is 3. The maximum atomic E-state index is 11.8. The first-order valence-electron chi connectivity index (χ1n) is 7.88. The van der Waals surface area contributed by atoms with Gasteiger partial charge in [0.05, 0.1) is 6.54 Å². The lowest BCUT2D eigenvalue weighted by Crippen LogP contribution is -2.53. The maximum Gasteiger partial charge on any atom is 0.276 e. The molecular weight excluding hydrogens is 348 g/mol. The predicted octanol–water partition coefficient (Wildman–Crippen LogP) is 0.0303. The van der Waals surface area contributed by atoms with Crippen molar-refractivity contribution in [3.05, 3.63) is 29.3 Å². The van der Waals surface area contributed by atoms with E-state index in [1.807, 2.05) is 4.90 Å². The molecule has 136 valence electrons. The average Bonchev–Trinajstić information content (AvgIpc) is 2.60. The van der Waals surface area contributed by atoms with E-state index in [0.717, 1.165) is 0 Å². The molecule has 0 saturated carbocycles. The summed E-state index contributed by atoms with van der Waals surface area (Å²) >= 11 is 5.76. The van der Waals surface area contributed by atoms with Gasteiger partial charge in [0, 0.05) is 38.1 Å². The minimum atomic E-state index is -0.468. The molecule has 0 aliphatic carbocycles. The molecule has 1 fully saturated rings. The summed E-state index contributed by atoms with van der Waals surface area (Å²) in [6.07, 6.45) is 0. The van der Waals surface area contributed by atoms with Crippen molar-refractivity contribution in [2.24, 2.45) is 0 Å². The number of halogens is 1. The lowest BCUT2D eigenvalue weighted by atomic mass is 10.3. The highest BCUT2D eigenvalue weighted by molar-refractivity contribution is 6.30. The van der Waals surface area contributed by atoms with Crippen molar-refractivity contribution in [2.45, 2.75) is 6.92 Å². The van der Waals surface area contributed by atoms with Crippen molar-refractivity contribution in [1.82, 2.24) is 20.7 Å². The molecule has 2 rings (SSSR count). The zero-order valence-corrected chi connectivity index (χ0v) is 14.7. The molecule has 0 aromatic heterocycles. The summed E-state index contributed by atoms with van der Waals surface area (Å²) in [4.78, 5) is 38.4. The molecule has 0 spiro atoms. The summed E-state index contributed by atoms with van der Waals surface area (Å²) in [7, 11) is 0. The quantitative estimate of drug-likeness (QED) is 0.716. The number of hydrogen-bond acceptors (Lipinski definition) is 5. The molecule has 1 heterocycles. The number of benzene rings is 1. The molecule has 1 aliphatic rings. The molecule has 8 nitrogen and oxygen atoms in total. The molecule has 1 aromatic rings. The average molecular weight is 369 g/mol. The fraction of sp³-hybridized carbons (Fsp3) is 0.438. The number of ether oxygens (including phenoxy) is 1. The zero-order chi connectivity index (χ0) is 18.2. The second-order valence-electron chi connectivity index (χ2n) is 5.62. The van der Waals surface area contributed by atoms with Gasteiger partial charge in [-0.1, -0.05) is 11.6 Å². The molecule has 2 N–H and O–H groups in total. The lowest BCUT2D eigenvalue weighted by molar-refractivity contribution is -0.132. The molecule has 0 unspecified atom stereocenters. The van der Waals surface area contributed by atoms with Gasteiger partial charge >= 0.3 is 0 Å². The van der Waals surface area contributed by atoms with E-state index in [1.165, 1.54) is 6.92 Å². The highest BCUT2D eigenvalue weighted by atomic mass is 35.5. The molecular formula is C16H21ClN4O4. The Kier molecular flexibility index (Phi) is 7.03. The van der Waals surface area contributed by atoms with Crippen LogP contribution in [0.2, 0.25) is 5.02 Å². The topological polar surface area (TPSA) is 91.0 Å². The Balaban J connectivity index is 1.62. The van der Waals surface area contributed by atoms with Crippen LogP contribution in [0.3, 0.4) is 0 Å². The summed E-state index contributed by atoms with van der Waals surface area (Å²) in [5, 5.41) is 0.577. The molecule has 0 bridgehead atoms. The smallest absolute Gasteiger partial charge is 0.276 e. The van der Waals surface area contributed by atoms with E-state index in [0.29, 0.717) is 37.0 Å². The fourth-order valence-corrected chi connectivity index (χ4v) is 2.44. The Morgan fingerprint density at radius 2 is 1.64 bits per heavy atom. The Labute approximate surface area is 151 Å². The molecule has 3 amide bonds. The van der Waals surface area contributed by atoms with E-state index in [2.05, 4.69) is 10.9 Å². The van der Waals surface area contributed by atoms with Crippen LogP contribution in [0.15, 0.2) is 24.3 Å². The van der Waals surface area contributed by atoms with Crippen LogP contribution >= 0.6 is 11.6 Å². The van der Waals surface area contributed by atoms with E-state index in [9.17, 15) is 14.4 Å². The van der Waals surface area contributed by atoms with Crippen LogP contribution in [-0.4, -0.2) is 66.9 Å². The number of piperazine rings is 1. The number of amides is 3. The van der Waals surface area contributed by atoms with Gasteiger partial charge in [-0.3, -0.25) is 30.1 Å². The number of hydrogen-bond donors (Lipinski definition) is 2. The third-order valence-electron chi connectivity index (χ3n) is 3.71. The summed E-state index contributed by atoms with van der Waals surface area (Å²) in [5.41, 5.74) is 4.65. The summed E-state index contributed by atoms with van der Waals surface area (Å²) in [6, 6.07) is 6.61. The molecule has 25 heavy (non-hydrogen) atoms. The third kappa shape index (κ3) is 6.60. The van der Waals surface area contributed by atoms with Crippen molar-refractivity contribution in [3.8, 4) is 5.75 Å². The van der Waals surface area contributed by atoms with Gasteiger partial charge in [-0.05, 0) is 24.3 Å². The van der Waals surface area contributed by atoms with Crippen LogP contribution in [-0.2, 0) is 14.4 Å². The van der Waals surface area contributed by atoms with Gasteiger partial charge in [-0.2, -0.15) is 0 Å².